The fraction of sp³-hybridized carbons (Fsp3) is 0.278. The summed E-state index contributed by atoms with van der Waals surface area (Å²) in [4.78, 5) is 12.3. The summed E-state index contributed by atoms with van der Waals surface area (Å²) in [6, 6.07) is 12.0. The average Bonchev–Trinajstić information content (AvgIpc) is 2.56. The van der Waals surface area contributed by atoms with Gasteiger partial charge in [-0.05, 0) is 54.8 Å². The predicted molar refractivity (Wildman–Crippen MR) is 97.3 cm³/mol. The lowest BCUT2D eigenvalue weighted by atomic mass is 10.1. The zero-order valence-electron chi connectivity index (χ0n) is 13.7. The van der Waals surface area contributed by atoms with Gasteiger partial charge in [0.1, 0.15) is 0 Å². The van der Waals surface area contributed by atoms with Crippen LogP contribution in [0.2, 0.25) is 5.02 Å². The van der Waals surface area contributed by atoms with Gasteiger partial charge in [0.15, 0.2) is 9.84 Å². The summed E-state index contributed by atoms with van der Waals surface area (Å²) in [5.41, 5.74) is 2.59. The van der Waals surface area contributed by atoms with E-state index in [4.69, 9.17) is 11.6 Å². The third-order valence-electron chi connectivity index (χ3n) is 3.75. The van der Waals surface area contributed by atoms with Gasteiger partial charge in [0, 0.05) is 17.1 Å². The maximum Gasteiger partial charge on any atom is 0.224 e. The molecule has 0 aliphatic heterocycles. The molecule has 6 heteroatoms. The molecule has 0 saturated carbocycles. The molecule has 4 nitrogen and oxygen atoms in total. The molecule has 0 aromatic heterocycles. The van der Waals surface area contributed by atoms with Crippen molar-refractivity contribution in [3.8, 4) is 0 Å². The predicted octanol–water partition coefficient (Wildman–Crippen LogP) is 4.01. The summed E-state index contributed by atoms with van der Waals surface area (Å²) >= 11 is 6.07. The zero-order chi connectivity index (χ0) is 17.7. The molecule has 0 aliphatic carbocycles. The first-order valence-electron chi connectivity index (χ1n) is 7.69. The van der Waals surface area contributed by atoms with Crippen molar-refractivity contribution in [2.45, 2.75) is 31.6 Å². The Morgan fingerprint density at radius 3 is 2.38 bits per heavy atom. The molecule has 1 N–H and O–H groups in total. The molecule has 0 unspecified atom stereocenters. The average molecular weight is 366 g/mol. The maximum atomic E-state index is 12.0. The van der Waals surface area contributed by atoms with Gasteiger partial charge in [0.25, 0.3) is 0 Å². The van der Waals surface area contributed by atoms with Crippen LogP contribution in [0, 0.1) is 6.92 Å². The highest BCUT2D eigenvalue weighted by Crippen LogP contribution is 2.18. The second-order valence-corrected chi connectivity index (χ2v) is 8.24. The van der Waals surface area contributed by atoms with Gasteiger partial charge >= 0.3 is 0 Å². The van der Waals surface area contributed by atoms with Crippen LogP contribution >= 0.6 is 11.6 Å². The second-order valence-electron chi connectivity index (χ2n) is 5.56. The Bertz CT molecular complexity index is 830. The lowest BCUT2D eigenvalue weighted by molar-refractivity contribution is -0.116. The molecule has 24 heavy (non-hydrogen) atoms. The second kappa shape index (κ2) is 7.81. The highest BCUT2D eigenvalue weighted by Gasteiger charge is 2.11. The fourth-order valence-corrected chi connectivity index (χ4v) is 3.27. The van der Waals surface area contributed by atoms with Crippen LogP contribution in [0.3, 0.4) is 0 Å². The highest BCUT2D eigenvalue weighted by atomic mass is 35.5. The number of nitrogens with one attached hydrogen (secondary N) is 1. The summed E-state index contributed by atoms with van der Waals surface area (Å²) in [5.74, 6) is -0.0737. The topological polar surface area (TPSA) is 63.2 Å². The van der Waals surface area contributed by atoms with Crippen molar-refractivity contribution in [2.75, 3.05) is 11.1 Å². The molecule has 0 fully saturated rings. The van der Waals surface area contributed by atoms with Crippen molar-refractivity contribution >= 4 is 33.0 Å². The van der Waals surface area contributed by atoms with Gasteiger partial charge in [0.05, 0.1) is 10.6 Å². The van der Waals surface area contributed by atoms with Crippen LogP contribution in [0.1, 0.15) is 24.5 Å². The van der Waals surface area contributed by atoms with Crippen LogP contribution in [0.15, 0.2) is 47.4 Å². The van der Waals surface area contributed by atoms with Crippen LogP contribution < -0.4 is 5.32 Å². The van der Waals surface area contributed by atoms with Crippen LogP contribution in [-0.2, 0) is 21.1 Å². The van der Waals surface area contributed by atoms with Crippen LogP contribution in [0.25, 0.3) is 0 Å². The number of amides is 1. The van der Waals surface area contributed by atoms with E-state index in [-0.39, 0.29) is 16.6 Å². The number of hydrogen-bond acceptors (Lipinski definition) is 3. The SMILES string of the molecule is CCS(=O)(=O)c1ccc(NC(=O)CCc2ccc(C)c(Cl)c2)cc1. The minimum atomic E-state index is -3.22. The minimum Gasteiger partial charge on any atom is -0.326 e. The zero-order valence-corrected chi connectivity index (χ0v) is 15.2. The molecule has 128 valence electrons. The van der Waals surface area contributed by atoms with Crippen LogP contribution in [-0.4, -0.2) is 20.1 Å². The van der Waals surface area contributed by atoms with Crippen molar-refractivity contribution in [2.24, 2.45) is 0 Å². The fourth-order valence-electron chi connectivity index (χ4n) is 2.19. The van der Waals surface area contributed by atoms with Crippen LogP contribution in [0.5, 0.6) is 0 Å². The first-order chi connectivity index (χ1) is 11.3. The summed E-state index contributed by atoms with van der Waals surface area (Å²) < 4.78 is 23.5. The number of rotatable bonds is 6. The molecule has 0 atom stereocenters. The molecule has 0 aliphatic rings. The summed E-state index contributed by atoms with van der Waals surface area (Å²) in [5, 5.41) is 3.46. The molecular weight excluding hydrogens is 346 g/mol. The minimum absolute atomic E-state index is 0.0534. The van der Waals surface area contributed by atoms with Crippen molar-refractivity contribution in [1.82, 2.24) is 0 Å². The number of sulfone groups is 1. The largest absolute Gasteiger partial charge is 0.326 e. The van der Waals surface area contributed by atoms with E-state index in [0.29, 0.717) is 23.6 Å². The molecule has 0 spiro atoms. The van der Waals surface area contributed by atoms with Gasteiger partial charge in [-0.15, -0.1) is 0 Å². The van der Waals surface area contributed by atoms with Crippen molar-refractivity contribution < 1.29 is 13.2 Å². The van der Waals surface area contributed by atoms with E-state index in [2.05, 4.69) is 5.32 Å². The third-order valence-corrected chi connectivity index (χ3v) is 5.91. The number of benzene rings is 2. The molecule has 2 aromatic carbocycles. The molecule has 0 bridgehead atoms. The van der Waals surface area contributed by atoms with E-state index < -0.39 is 9.84 Å². The van der Waals surface area contributed by atoms with Gasteiger partial charge in [0.2, 0.25) is 5.91 Å². The lowest BCUT2D eigenvalue weighted by Gasteiger charge is -2.07. The Kier molecular flexibility index (Phi) is 6.02. The molecule has 1 amide bonds. The van der Waals surface area contributed by atoms with Gasteiger partial charge in [-0.3, -0.25) is 4.79 Å². The standard InChI is InChI=1S/C18H20ClNO3S/c1-3-24(22,23)16-9-7-15(8-10-16)20-18(21)11-6-14-5-4-13(2)17(19)12-14/h4-5,7-10,12H,3,6,11H2,1-2H3,(H,20,21). The normalized spacial score (nSPS) is 11.3. The summed E-state index contributed by atoms with van der Waals surface area (Å²) in [6.45, 7) is 3.53. The number of carbonyl (C=O) groups excluding carboxylic acids is 1. The number of carbonyl (C=O) groups is 1. The van der Waals surface area contributed by atoms with E-state index in [1.807, 2.05) is 25.1 Å². The quantitative estimate of drug-likeness (QED) is 0.841. The van der Waals surface area contributed by atoms with E-state index in [0.717, 1.165) is 11.1 Å². The monoisotopic (exact) mass is 365 g/mol. The Labute approximate surface area is 147 Å². The number of aryl methyl sites for hydroxylation is 2. The number of anilines is 1. The Morgan fingerprint density at radius 2 is 1.79 bits per heavy atom. The molecule has 0 heterocycles. The maximum absolute atomic E-state index is 12.0. The first-order valence-corrected chi connectivity index (χ1v) is 9.72. The van der Waals surface area contributed by atoms with Crippen molar-refractivity contribution in [3.05, 3.63) is 58.6 Å². The summed E-state index contributed by atoms with van der Waals surface area (Å²) in [6.07, 6.45) is 0.919. The van der Waals surface area contributed by atoms with Crippen molar-refractivity contribution in [1.29, 1.82) is 0 Å². The van der Waals surface area contributed by atoms with E-state index >= 15 is 0 Å². The molecule has 0 saturated heterocycles. The molecular formula is C18H20ClNO3S. The molecule has 2 rings (SSSR count). The number of hydrogen-bond donors (Lipinski definition) is 1. The van der Waals surface area contributed by atoms with Gasteiger partial charge in [-0.1, -0.05) is 30.7 Å². The van der Waals surface area contributed by atoms with E-state index in [1.54, 1.807) is 19.1 Å². The van der Waals surface area contributed by atoms with Gasteiger partial charge in [-0.25, -0.2) is 8.42 Å². The lowest BCUT2D eigenvalue weighted by Crippen LogP contribution is -2.12. The Balaban J connectivity index is 1.93. The Morgan fingerprint density at radius 1 is 1.12 bits per heavy atom. The third kappa shape index (κ3) is 4.82. The Hall–Kier alpha value is -1.85. The molecule has 2 aromatic rings. The molecule has 0 radical (unpaired) electrons. The van der Waals surface area contributed by atoms with Gasteiger partial charge < -0.3 is 5.32 Å². The smallest absolute Gasteiger partial charge is 0.224 e. The van der Waals surface area contributed by atoms with Crippen LogP contribution in [0.4, 0.5) is 5.69 Å². The van der Waals surface area contributed by atoms with Crippen molar-refractivity contribution in [3.63, 3.8) is 0 Å². The summed E-state index contributed by atoms with van der Waals surface area (Å²) in [7, 11) is -3.22. The van der Waals surface area contributed by atoms with Gasteiger partial charge in [-0.2, -0.15) is 0 Å². The highest BCUT2D eigenvalue weighted by molar-refractivity contribution is 7.91. The number of halogens is 1. The first kappa shape index (κ1) is 18.5. The van der Waals surface area contributed by atoms with E-state index in [1.165, 1.54) is 12.1 Å². The van der Waals surface area contributed by atoms with E-state index in [9.17, 15) is 13.2 Å².